The van der Waals surface area contributed by atoms with E-state index in [4.69, 9.17) is 24.3 Å². The maximum atomic E-state index is 5.14. The molecule has 0 aliphatic carbocycles. The number of nitrogens with two attached hydrogens (primary N) is 1. The Labute approximate surface area is 67.6 Å². The van der Waals surface area contributed by atoms with Crippen molar-refractivity contribution in [1.82, 2.24) is 0 Å². The molecule has 0 aliphatic rings. The van der Waals surface area contributed by atoms with Crippen LogP contribution in [0.2, 0.25) is 0 Å². The van der Waals surface area contributed by atoms with Gasteiger partial charge in [-0.15, -0.1) is 0 Å². The van der Waals surface area contributed by atoms with E-state index in [1.165, 1.54) is 12.8 Å². The van der Waals surface area contributed by atoms with E-state index in [2.05, 4.69) is 6.92 Å². The van der Waals surface area contributed by atoms with Gasteiger partial charge in [-0.05, 0) is 13.0 Å². The van der Waals surface area contributed by atoms with E-state index in [0.717, 1.165) is 6.54 Å². The Balaban J connectivity index is 0. The van der Waals surface area contributed by atoms with Crippen LogP contribution in [0.1, 0.15) is 19.8 Å². The van der Waals surface area contributed by atoms with Crippen LogP contribution in [0, 0.1) is 0 Å². The molecule has 0 spiro atoms. The van der Waals surface area contributed by atoms with Gasteiger partial charge in [0.15, 0.2) is 0 Å². The van der Waals surface area contributed by atoms with Crippen molar-refractivity contribution in [2.45, 2.75) is 19.8 Å². The zero-order valence-electron chi connectivity index (χ0n) is 4.95. The molecule has 0 saturated heterocycles. The third kappa shape index (κ3) is 26.8. The summed E-state index contributed by atoms with van der Waals surface area (Å²) in [4.78, 5) is 0. The van der Waals surface area contributed by atoms with Crippen LogP contribution in [0.4, 0.5) is 0 Å². The Hall–Kier alpha value is 1.25. The van der Waals surface area contributed by atoms with Crippen LogP contribution in [0.5, 0.6) is 0 Å². The van der Waals surface area contributed by atoms with Crippen molar-refractivity contribution >= 4 is 18.6 Å². The number of hydrogen-bond donors (Lipinski definition) is 1. The molecule has 50 valence electrons. The average molecular weight is 192 g/mol. The third-order valence-corrected chi connectivity index (χ3v) is 0.558. The van der Waals surface area contributed by atoms with Gasteiger partial charge in [-0.25, -0.2) is 0 Å². The first kappa shape index (κ1) is 12.0. The predicted molar refractivity (Wildman–Crippen MR) is 35.7 cm³/mol. The molecule has 0 aromatic heterocycles. The molecule has 0 bridgehead atoms. The molecular formula is C4H11Cl2NTi. The van der Waals surface area contributed by atoms with Gasteiger partial charge in [0.25, 0.3) is 0 Å². The Morgan fingerprint density at radius 2 is 1.88 bits per heavy atom. The second-order valence-electron chi connectivity index (χ2n) is 1.21. The molecule has 0 heterocycles. The van der Waals surface area contributed by atoms with E-state index >= 15 is 0 Å². The fourth-order valence-electron chi connectivity index (χ4n) is 0.204. The van der Waals surface area contributed by atoms with Crippen LogP contribution in [0.3, 0.4) is 0 Å². The van der Waals surface area contributed by atoms with E-state index in [1.807, 2.05) is 0 Å². The topological polar surface area (TPSA) is 26.0 Å². The molecule has 0 unspecified atom stereocenters. The monoisotopic (exact) mass is 191 g/mol. The molecule has 0 radical (unpaired) electrons. The summed E-state index contributed by atoms with van der Waals surface area (Å²) in [7, 11) is 9.78. The summed E-state index contributed by atoms with van der Waals surface area (Å²) in [6.45, 7) is 2.98. The van der Waals surface area contributed by atoms with Gasteiger partial charge in [-0.3, -0.25) is 0 Å². The summed E-state index contributed by atoms with van der Waals surface area (Å²) in [5, 5.41) is 0. The van der Waals surface area contributed by atoms with Crippen LogP contribution in [0.15, 0.2) is 0 Å². The van der Waals surface area contributed by atoms with Crippen LogP contribution in [-0.2, 0) is 17.0 Å². The summed E-state index contributed by atoms with van der Waals surface area (Å²) in [5.41, 5.74) is 5.14. The molecule has 0 amide bonds. The Morgan fingerprint density at radius 3 is 1.88 bits per heavy atom. The quantitative estimate of drug-likeness (QED) is 0.666. The van der Waals surface area contributed by atoms with Gasteiger partial charge in [-0.2, -0.15) is 0 Å². The second kappa shape index (κ2) is 15.7. The zero-order valence-corrected chi connectivity index (χ0v) is 8.03. The molecule has 0 saturated carbocycles. The summed E-state index contributed by atoms with van der Waals surface area (Å²) in [5.74, 6) is 0. The molecule has 1 nitrogen and oxygen atoms in total. The van der Waals surface area contributed by atoms with Gasteiger partial charge in [0.05, 0.1) is 0 Å². The van der Waals surface area contributed by atoms with Crippen LogP contribution >= 0.6 is 18.6 Å². The van der Waals surface area contributed by atoms with Gasteiger partial charge >= 0.3 is 35.6 Å². The Bertz CT molecular complexity index is 28.0. The van der Waals surface area contributed by atoms with E-state index in [1.54, 1.807) is 0 Å². The Morgan fingerprint density at radius 1 is 1.50 bits per heavy atom. The van der Waals surface area contributed by atoms with E-state index in [9.17, 15) is 0 Å². The minimum atomic E-state index is -0.556. The van der Waals surface area contributed by atoms with Crippen LogP contribution < -0.4 is 5.73 Å². The van der Waals surface area contributed by atoms with Crippen LogP contribution in [0.25, 0.3) is 0 Å². The van der Waals surface area contributed by atoms with Crippen LogP contribution in [-0.4, -0.2) is 6.54 Å². The first-order chi connectivity index (χ1) is 3.83. The summed E-state index contributed by atoms with van der Waals surface area (Å²) >= 11 is -0.556. The van der Waals surface area contributed by atoms with E-state index in [-0.39, 0.29) is 0 Å². The van der Waals surface area contributed by atoms with Crippen molar-refractivity contribution in [3.8, 4) is 0 Å². The summed E-state index contributed by atoms with van der Waals surface area (Å²) < 4.78 is 0. The van der Waals surface area contributed by atoms with Crippen molar-refractivity contribution in [3.63, 3.8) is 0 Å². The molecule has 0 aliphatic heterocycles. The van der Waals surface area contributed by atoms with Crippen molar-refractivity contribution in [1.29, 1.82) is 0 Å². The van der Waals surface area contributed by atoms with Gasteiger partial charge in [0.1, 0.15) is 0 Å². The number of unbranched alkanes of at least 4 members (excludes halogenated alkanes) is 1. The van der Waals surface area contributed by atoms with Gasteiger partial charge in [0, 0.05) is 0 Å². The number of rotatable bonds is 2. The van der Waals surface area contributed by atoms with Gasteiger partial charge < -0.3 is 5.73 Å². The SMILES string of the molecule is CCCCN.[Cl][Ti][Cl]. The molecule has 0 aromatic carbocycles. The molecule has 0 fully saturated rings. The van der Waals surface area contributed by atoms with Crippen molar-refractivity contribution in [2.75, 3.05) is 6.54 Å². The molecule has 2 N–H and O–H groups in total. The fraction of sp³-hybridized carbons (Fsp3) is 1.00. The predicted octanol–water partition coefficient (Wildman–Crippen LogP) is 2.12. The number of halogens is 2. The maximum absolute atomic E-state index is 5.14. The zero-order chi connectivity index (χ0) is 6.83. The normalized spacial score (nSPS) is 7.00. The van der Waals surface area contributed by atoms with E-state index < -0.39 is 17.0 Å². The number of hydrogen-bond acceptors (Lipinski definition) is 1. The fourth-order valence-corrected chi connectivity index (χ4v) is 0.204. The van der Waals surface area contributed by atoms with Crippen molar-refractivity contribution in [2.24, 2.45) is 5.73 Å². The average Bonchev–Trinajstić information content (AvgIpc) is 1.71. The van der Waals surface area contributed by atoms with Gasteiger partial charge in [-0.1, -0.05) is 13.3 Å². The van der Waals surface area contributed by atoms with Crippen molar-refractivity contribution < 1.29 is 17.0 Å². The molecule has 8 heavy (non-hydrogen) atoms. The molecule has 4 heteroatoms. The summed E-state index contributed by atoms with van der Waals surface area (Å²) in [6, 6.07) is 0. The molecular weight excluding hydrogens is 181 g/mol. The van der Waals surface area contributed by atoms with Crippen molar-refractivity contribution in [3.05, 3.63) is 0 Å². The first-order valence-electron chi connectivity index (χ1n) is 2.49. The Kier molecular flexibility index (Phi) is 23.6. The second-order valence-corrected chi connectivity index (χ2v) is 3.79. The molecule has 0 rings (SSSR count). The summed E-state index contributed by atoms with van der Waals surface area (Å²) in [6.07, 6.45) is 2.39. The molecule has 0 aromatic rings. The first-order valence-corrected chi connectivity index (χ1v) is 6.79. The third-order valence-electron chi connectivity index (χ3n) is 0.558. The minimum absolute atomic E-state index is 0.556. The van der Waals surface area contributed by atoms with Gasteiger partial charge in [0.2, 0.25) is 0 Å². The molecule has 0 atom stereocenters. The van der Waals surface area contributed by atoms with E-state index in [0.29, 0.717) is 0 Å². The standard InChI is InChI=1S/C4H11N.2ClH.Ti/c1-2-3-4-5;;;/h2-5H2,1H3;2*1H;/q;;;+2/p-2.